The van der Waals surface area contributed by atoms with Gasteiger partial charge in [-0.1, -0.05) is 0 Å². The first-order chi connectivity index (χ1) is 9.46. The maximum Gasteiger partial charge on any atom is 0.223 e. The second-order valence-corrected chi connectivity index (χ2v) is 6.62. The predicted molar refractivity (Wildman–Crippen MR) is 79.5 cm³/mol. The number of hydrogen-bond donors (Lipinski definition) is 2. The van der Waals surface area contributed by atoms with Crippen molar-refractivity contribution in [1.82, 2.24) is 20.4 Å². The van der Waals surface area contributed by atoms with Crippen LogP contribution in [0, 0.1) is 0 Å². The van der Waals surface area contributed by atoms with Crippen molar-refractivity contribution >= 4 is 5.91 Å². The molecule has 0 radical (unpaired) electrons. The van der Waals surface area contributed by atoms with E-state index in [1.807, 2.05) is 11.0 Å². The predicted octanol–water partition coefficient (Wildman–Crippen LogP) is 1.89. The van der Waals surface area contributed by atoms with Crippen LogP contribution < -0.4 is 5.32 Å². The summed E-state index contributed by atoms with van der Waals surface area (Å²) in [6, 6.07) is 2.01. The monoisotopic (exact) mass is 278 g/mol. The minimum atomic E-state index is 0.0701. The van der Waals surface area contributed by atoms with Gasteiger partial charge < -0.3 is 10.2 Å². The molecule has 1 aromatic rings. The zero-order valence-corrected chi connectivity index (χ0v) is 12.8. The molecule has 112 valence electrons. The van der Waals surface area contributed by atoms with Crippen molar-refractivity contribution in [2.24, 2.45) is 0 Å². The number of H-pyrrole nitrogens is 1. The molecule has 5 nitrogen and oxygen atoms in total. The number of hydrogen-bond acceptors (Lipinski definition) is 3. The summed E-state index contributed by atoms with van der Waals surface area (Å²) in [6.45, 7) is 8.80. The lowest BCUT2D eigenvalue weighted by atomic mass is 9.95. The van der Waals surface area contributed by atoms with Gasteiger partial charge in [0.2, 0.25) is 5.91 Å². The van der Waals surface area contributed by atoms with Crippen LogP contribution in [0.5, 0.6) is 0 Å². The minimum Gasteiger partial charge on any atom is -0.342 e. The third-order valence-electron chi connectivity index (χ3n) is 3.73. The van der Waals surface area contributed by atoms with Crippen molar-refractivity contribution in [3.63, 3.8) is 0 Å². The number of carbonyl (C=O) groups is 1. The summed E-state index contributed by atoms with van der Waals surface area (Å²) in [4.78, 5) is 14.3. The van der Waals surface area contributed by atoms with Gasteiger partial charge >= 0.3 is 0 Å². The van der Waals surface area contributed by atoms with Gasteiger partial charge in [-0.05, 0) is 39.7 Å². The average Bonchev–Trinajstić information content (AvgIpc) is 2.91. The van der Waals surface area contributed by atoms with E-state index in [9.17, 15) is 4.79 Å². The van der Waals surface area contributed by atoms with Crippen molar-refractivity contribution in [3.05, 3.63) is 18.0 Å². The first kappa shape index (κ1) is 15.0. The van der Waals surface area contributed by atoms with Crippen LogP contribution in [0.3, 0.4) is 0 Å². The van der Waals surface area contributed by atoms with E-state index in [1.165, 1.54) is 0 Å². The number of nitrogens with zero attached hydrogens (tertiary/aromatic N) is 2. The van der Waals surface area contributed by atoms with Gasteiger partial charge in [-0.3, -0.25) is 9.89 Å². The molecule has 2 rings (SSSR count). The lowest BCUT2D eigenvalue weighted by molar-refractivity contribution is -0.132. The molecule has 0 aromatic carbocycles. The summed E-state index contributed by atoms with van der Waals surface area (Å²) in [5, 5.41) is 10.4. The van der Waals surface area contributed by atoms with Crippen LogP contribution in [0.2, 0.25) is 0 Å². The highest BCUT2D eigenvalue weighted by Gasteiger charge is 2.25. The summed E-state index contributed by atoms with van der Waals surface area (Å²) in [7, 11) is 0. The van der Waals surface area contributed by atoms with E-state index >= 15 is 0 Å². The molecule has 20 heavy (non-hydrogen) atoms. The molecule has 1 atom stereocenters. The van der Waals surface area contributed by atoms with Gasteiger partial charge in [0.15, 0.2) is 0 Å². The van der Waals surface area contributed by atoms with E-state index in [0.29, 0.717) is 12.3 Å². The molecule has 0 spiro atoms. The van der Waals surface area contributed by atoms with Gasteiger partial charge in [-0.15, -0.1) is 0 Å². The van der Waals surface area contributed by atoms with Crippen LogP contribution in [0.15, 0.2) is 12.3 Å². The number of carbonyl (C=O) groups excluding carboxylic acids is 1. The van der Waals surface area contributed by atoms with Crippen molar-refractivity contribution in [2.75, 3.05) is 19.6 Å². The Morgan fingerprint density at radius 1 is 1.55 bits per heavy atom. The number of aromatic amines is 1. The highest BCUT2D eigenvalue weighted by atomic mass is 16.2. The van der Waals surface area contributed by atoms with Crippen molar-refractivity contribution in [2.45, 2.75) is 51.5 Å². The van der Waals surface area contributed by atoms with E-state index in [2.05, 4.69) is 36.3 Å². The number of piperidine rings is 1. The molecule has 5 heteroatoms. The van der Waals surface area contributed by atoms with Gasteiger partial charge in [0.05, 0.1) is 0 Å². The van der Waals surface area contributed by atoms with E-state index in [-0.39, 0.29) is 11.4 Å². The Hall–Kier alpha value is -1.36. The summed E-state index contributed by atoms with van der Waals surface area (Å²) in [5.74, 6) is 0.664. The minimum absolute atomic E-state index is 0.0701. The molecule has 1 aliphatic heterocycles. The molecule has 1 aliphatic rings. The fourth-order valence-corrected chi connectivity index (χ4v) is 2.65. The normalized spacial score (nSPS) is 20.1. The van der Waals surface area contributed by atoms with Gasteiger partial charge in [-0.25, -0.2) is 0 Å². The molecular formula is C15H26N4O. The van der Waals surface area contributed by atoms with E-state index in [4.69, 9.17) is 0 Å². The Morgan fingerprint density at radius 3 is 3.00 bits per heavy atom. The van der Waals surface area contributed by atoms with E-state index in [0.717, 1.165) is 38.2 Å². The van der Waals surface area contributed by atoms with Gasteiger partial charge in [0.25, 0.3) is 0 Å². The smallest absolute Gasteiger partial charge is 0.223 e. The zero-order chi connectivity index (χ0) is 14.6. The van der Waals surface area contributed by atoms with Crippen LogP contribution in [-0.4, -0.2) is 46.2 Å². The van der Waals surface area contributed by atoms with Crippen LogP contribution in [0.25, 0.3) is 0 Å². The maximum atomic E-state index is 12.3. The third-order valence-corrected chi connectivity index (χ3v) is 3.73. The Balaban J connectivity index is 1.81. The number of nitrogens with one attached hydrogen (secondary N) is 2. The first-order valence-electron chi connectivity index (χ1n) is 7.48. The molecular weight excluding hydrogens is 252 g/mol. The Labute approximate surface area is 121 Å². The molecule has 2 N–H and O–H groups in total. The Morgan fingerprint density at radius 2 is 2.35 bits per heavy atom. The second kappa shape index (κ2) is 6.39. The topological polar surface area (TPSA) is 61.0 Å². The van der Waals surface area contributed by atoms with Gasteiger partial charge in [0.1, 0.15) is 0 Å². The van der Waals surface area contributed by atoms with Crippen LogP contribution in [0.1, 0.15) is 51.6 Å². The fraction of sp³-hybridized carbons (Fsp3) is 0.733. The number of likely N-dealkylation sites (tertiary alicyclic amines) is 1. The zero-order valence-electron chi connectivity index (χ0n) is 12.8. The quantitative estimate of drug-likeness (QED) is 0.884. The van der Waals surface area contributed by atoms with Crippen molar-refractivity contribution in [1.29, 1.82) is 0 Å². The van der Waals surface area contributed by atoms with Crippen LogP contribution in [0.4, 0.5) is 0 Å². The first-order valence-corrected chi connectivity index (χ1v) is 7.48. The van der Waals surface area contributed by atoms with Gasteiger partial charge in [0, 0.05) is 49.4 Å². The summed E-state index contributed by atoms with van der Waals surface area (Å²) < 4.78 is 0. The lowest BCUT2D eigenvalue weighted by Crippen LogP contribution is -2.42. The molecule has 1 aromatic heterocycles. The summed E-state index contributed by atoms with van der Waals surface area (Å²) >= 11 is 0. The molecule has 1 unspecified atom stereocenters. The molecule has 0 saturated carbocycles. The van der Waals surface area contributed by atoms with Gasteiger partial charge in [-0.2, -0.15) is 5.10 Å². The number of aromatic nitrogens is 2. The number of rotatable bonds is 4. The van der Waals surface area contributed by atoms with Crippen LogP contribution >= 0.6 is 0 Å². The summed E-state index contributed by atoms with van der Waals surface area (Å²) in [5.41, 5.74) is 1.22. The lowest BCUT2D eigenvalue weighted by Gasteiger charge is -2.32. The molecule has 1 saturated heterocycles. The van der Waals surface area contributed by atoms with E-state index in [1.54, 1.807) is 6.20 Å². The van der Waals surface area contributed by atoms with Crippen LogP contribution in [-0.2, 0) is 4.79 Å². The summed E-state index contributed by atoms with van der Waals surface area (Å²) in [6.07, 6.45) is 4.56. The third kappa shape index (κ3) is 4.34. The van der Waals surface area contributed by atoms with E-state index < -0.39 is 0 Å². The highest BCUT2D eigenvalue weighted by Crippen LogP contribution is 2.25. The fourth-order valence-electron chi connectivity index (χ4n) is 2.65. The molecule has 0 bridgehead atoms. The largest absolute Gasteiger partial charge is 0.342 e. The SMILES string of the molecule is CC(C)(C)NCCC(=O)N1CCCC(c2ccn[nH]2)C1. The standard InChI is InChI=1S/C15H26N4O/c1-15(2,3)16-8-7-14(20)19-10-4-5-12(11-19)13-6-9-17-18-13/h6,9,12,16H,4-5,7-8,10-11H2,1-3H3,(H,17,18). The molecule has 0 aliphatic carbocycles. The second-order valence-electron chi connectivity index (χ2n) is 6.62. The molecule has 1 fully saturated rings. The molecule has 2 heterocycles. The maximum absolute atomic E-state index is 12.3. The van der Waals surface area contributed by atoms with Crippen molar-refractivity contribution < 1.29 is 4.79 Å². The molecule has 1 amide bonds. The number of amides is 1. The Kier molecular flexibility index (Phi) is 4.81. The Bertz CT molecular complexity index is 422. The van der Waals surface area contributed by atoms with Crippen molar-refractivity contribution in [3.8, 4) is 0 Å². The average molecular weight is 278 g/mol. The highest BCUT2D eigenvalue weighted by molar-refractivity contribution is 5.76.